The van der Waals surface area contributed by atoms with Crippen LogP contribution in [0.5, 0.6) is 0 Å². The third kappa shape index (κ3) is 6.76. The van der Waals surface area contributed by atoms with E-state index in [1.807, 2.05) is 24.3 Å². The molecule has 2 N–H and O–H groups in total. The number of rotatable bonds is 7. The Bertz CT molecular complexity index is 872. The zero-order chi connectivity index (χ0) is 20.6. The van der Waals surface area contributed by atoms with Gasteiger partial charge in [-0.25, -0.2) is 0 Å². The Morgan fingerprint density at radius 1 is 1.10 bits per heavy atom. The molecule has 1 saturated carbocycles. The van der Waals surface area contributed by atoms with Gasteiger partial charge in [-0.2, -0.15) is 0 Å². The molecule has 2 aromatic carbocycles. The summed E-state index contributed by atoms with van der Waals surface area (Å²) in [6.07, 6.45) is 6.25. The molecule has 2 aromatic rings. The fraction of sp³-hybridized carbons (Fsp3) is 0.364. The van der Waals surface area contributed by atoms with Crippen molar-refractivity contribution >= 4 is 56.8 Å². The fourth-order valence-corrected chi connectivity index (χ4v) is 5.00. The molecule has 1 aliphatic rings. The molecule has 3 rings (SSSR count). The van der Waals surface area contributed by atoms with Crippen LogP contribution in [0.3, 0.4) is 0 Å². The van der Waals surface area contributed by atoms with E-state index in [-0.39, 0.29) is 17.6 Å². The van der Waals surface area contributed by atoms with Crippen LogP contribution in [0.2, 0.25) is 5.02 Å². The number of halogens is 2. The molecule has 0 aromatic heterocycles. The van der Waals surface area contributed by atoms with E-state index in [4.69, 9.17) is 11.6 Å². The van der Waals surface area contributed by atoms with Crippen molar-refractivity contribution in [2.75, 3.05) is 17.6 Å². The van der Waals surface area contributed by atoms with Crippen LogP contribution in [-0.2, 0) is 4.79 Å². The Morgan fingerprint density at radius 3 is 2.62 bits per heavy atom. The molecule has 1 fully saturated rings. The Morgan fingerprint density at radius 2 is 1.86 bits per heavy atom. The molecule has 154 valence electrons. The second-order valence-electron chi connectivity index (χ2n) is 7.17. The van der Waals surface area contributed by atoms with E-state index in [9.17, 15) is 9.59 Å². The predicted molar refractivity (Wildman–Crippen MR) is 124 cm³/mol. The van der Waals surface area contributed by atoms with Crippen molar-refractivity contribution in [2.45, 2.75) is 37.0 Å². The standard InChI is InChI=1S/C22H24BrClN2O2S/c23-16-10-11-19(18(24)12-16)26-22(28)17-8-4-5-9-20(17)29-14-21(27)25-13-15-6-2-1-3-7-15/h4-5,8-12,15H,1-3,6-7,13-14H2,(H,25,27)(H,26,28). The predicted octanol–water partition coefficient (Wildman–Crippen LogP) is 6.14. The molecule has 0 bridgehead atoms. The largest absolute Gasteiger partial charge is 0.355 e. The normalized spacial score (nSPS) is 14.4. The summed E-state index contributed by atoms with van der Waals surface area (Å²) in [5, 5.41) is 6.34. The minimum absolute atomic E-state index is 0.00624. The Balaban J connectivity index is 1.56. The Kier molecular flexibility index (Phi) is 8.45. The number of anilines is 1. The van der Waals surface area contributed by atoms with Crippen LogP contribution in [-0.4, -0.2) is 24.1 Å². The van der Waals surface area contributed by atoms with Gasteiger partial charge in [0.05, 0.1) is 22.0 Å². The second-order valence-corrected chi connectivity index (χ2v) is 9.51. The van der Waals surface area contributed by atoms with Crippen molar-refractivity contribution in [3.05, 3.63) is 57.5 Å². The summed E-state index contributed by atoms with van der Waals surface area (Å²) in [5.74, 6) is 0.647. The molecule has 7 heteroatoms. The summed E-state index contributed by atoms with van der Waals surface area (Å²) < 4.78 is 0.843. The summed E-state index contributed by atoms with van der Waals surface area (Å²) >= 11 is 10.9. The van der Waals surface area contributed by atoms with Gasteiger partial charge in [0.25, 0.3) is 5.91 Å². The van der Waals surface area contributed by atoms with Crippen molar-refractivity contribution in [3.8, 4) is 0 Å². The quantitative estimate of drug-likeness (QED) is 0.453. The van der Waals surface area contributed by atoms with E-state index < -0.39 is 0 Å². The highest BCUT2D eigenvalue weighted by molar-refractivity contribution is 9.10. The lowest BCUT2D eigenvalue weighted by atomic mass is 9.89. The molecule has 2 amide bonds. The van der Waals surface area contributed by atoms with Gasteiger partial charge >= 0.3 is 0 Å². The lowest BCUT2D eigenvalue weighted by Gasteiger charge is -2.21. The zero-order valence-electron chi connectivity index (χ0n) is 16.0. The molecule has 0 atom stereocenters. The molecule has 0 saturated heterocycles. The summed E-state index contributed by atoms with van der Waals surface area (Å²) in [7, 11) is 0. The summed E-state index contributed by atoms with van der Waals surface area (Å²) in [4.78, 5) is 25.8. The number of hydrogen-bond acceptors (Lipinski definition) is 3. The van der Waals surface area contributed by atoms with Crippen LogP contribution in [0.25, 0.3) is 0 Å². The van der Waals surface area contributed by atoms with Crippen LogP contribution in [0.15, 0.2) is 51.8 Å². The van der Waals surface area contributed by atoms with E-state index in [0.29, 0.717) is 22.2 Å². The smallest absolute Gasteiger partial charge is 0.256 e. The first kappa shape index (κ1) is 22.2. The first-order valence-corrected chi connectivity index (χ1v) is 11.9. The maximum atomic E-state index is 12.8. The molecule has 0 spiro atoms. The Labute approximate surface area is 189 Å². The number of amides is 2. The van der Waals surface area contributed by atoms with Crippen molar-refractivity contribution in [1.82, 2.24) is 5.32 Å². The molecule has 0 unspecified atom stereocenters. The van der Waals surface area contributed by atoms with Crippen molar-refractivity contribution in [1.29, 1.82) is 0 Å². The first-order chi connectivity index (χ1) is 14.0. The highest BCUT2D eigenvalue weighted by atomic mass is 79.9. The van der Waals surface area contributed by atoms with Crippen LogP contribution in [0.1, 0.15) is 42.5 Å². The third-order valence-corrected chi connectivity index (χ3v) is 6.86. The van der Waals surface area contributed by atoms with E-state index in [1.54, 1.807) is 18.2 Å². The maximum absolute atomic E-state index is 12.8. The van der Waals surface area contributed by atoms with Gasteiger partial charge in [-0.15, -0.1) is 11.8 Å². The van der Waals surface area contributed by atoms with E-state index >= 15 is 0 Å². The van der Waals surface area contributed by atoms with Gasteiger partial charge in [-0.3, -0.25) is 9.59 Å². The minimum atomic E-state index is -0.250. The van der Waals surface area contributed by atoms with Gasteiger partial charge in [0, 0.05) is 15.9 Å². The van der Waals surface area contributed by atoms with E-state index in [1.165, 1.54) is 43.9 Å². The van der Waals surface area contributed by atoms with Gasteiger partial charge in [0.1, 0.15) is 0 Å². The molecule has 1 aliphatic carbocycles. The maximum Gasteiger partial charge on any atom is 0.256 e. The first-order valence-electron chi connectivity index (χ1n) is 9.78. The molecule has 0 heterocycles. The SMILES string of the molecule is O=C(CSc1ccccc1C(=O)Nc1ccc(Br)cc1Cl)NCC1CCCCC1. The number of hydrogen-bond donors (Lipinski definition) is 2. The lowest BCUT2D eigenvalue weighted by molar-refractivity contribution is -0.118. The molecule has 0 radical (unpaired) electrons. The summed E-state index contributed by atoms with van der Waals surface area (Å²) in [6.45, 7) is 0.754. The van der Waals surface area contributed by atoms with E-state index in [2.05, 4.69) is 26.6 Å². The average molecular weight is 496 g/mol. The van der Waals surface area contributed by atoms with Crippen molar-refractivity contribution in [3.63, 3.8) is 0 Å². The second kappa shape index (κ2) is 11.0. The number of nitrogens with one attached hydrogen (secondary N) is 2. The van der Waals surface area contributed by atoms with E-state index in [0.717, 1.165) is 15.9 Å². The van der Waals surface area contributed by atoms with Gasteiger partial charge in [-0.05, 0) is 49.1 Å². The van der Waals surface area contributed by atoms with Crippen molar-refractivity contribution in [2.24, 2.45) is 5.92 Å². The Hall–Kier alpha value is -1.50. The summed E-state index contributed by atoms with van der Waals surface area (Å²) in [6, 6.07) is 12.6. The number of benzene rings is 2. The third-order valence-electron chi connectivity index (χ3n) is 4.98. The monoisotopic (exact) mass is 494 g/mol. The highest BCUT2D eigenvalue weighted by Crippen LogP contribution is 2.28. The van der Waals surface area contributed by atoms with Crippen LogP contribution in [0, 0.1) is 5.92 Å². The molecular weight excluding hydrogens is 472 g/mol. The molecule has 29 heavy (non-hydrogen) atoms. The molecule has 4 nitrogen and oxygen atoms in total. The van der Waals surface area contributed by atoms with Crippen LogP contribution >= 0.6 is 39.3 Å². The van der Waals surface area contributed by atoms with Crippen LogP contribution in [0.4, 0.5) is 5.69 Å². The van der Waals surface area contributed by atoms with Gasteiger partial charge in [0.15, 0.2) is 0 Å². The van der Waals surface area contributed by atoms with Gasteiger partial charge in [0.2, 0.25) is 5.91 Å². The molecular formula is C22H24BrClN2O2S. The molecule has 0 aliphatic heterocycles. The zero-order valence-corrected chi connectivity index (χ0v) is 19.2. The summed E-state index contributed by atoms with van der Waals surface area (Å²) in [5.41, 5.74) is 1.07. The van der Waals surface area contributed by atoms with Gasteiger partial charge in [-0.1, -0.05) is 58.9 Å². The number of carbonyl (C=O) groups excluding carboxylic acids is 2. The topological polar surface area (TPSA) is 58.2 Å². The van der Waals surface area contributed by atoms with Crippen LogP contribution < -0.4 is 10.6 Å². The number of carbonyl (C=O) groups is 2. The average Bonchev–Trinajstić information content (AvgIpc) is 2.73. The minimum Gasteiger partial charge on any atom is -0.355 e. The number of thioether (sulfide) groups is 1. The highest BCUT2D eigenvalue weighted by Gasteiger charge is 2.16. The fourth-order valence-electron chi connectivity index (χ4n) is 3.40. The lowest BCUT2D eigenvalue weighted by Crippen LogP contribution is -2.31. The van der Waals surface area contributed by atoms with Gasteiger partial charge < -0.3 is 10.6 Å². The van der Waals surface area contributed by atoms with Crippen molar-refractivity contribution < 1.29 is 9.59 Å².